The Morgan fingerprint density at radius 2 is 1.88 bits per heavy atom. The first-order valence-electron chi connectivity index (χ1n) is 10.3. The van der Waals surface area contributed by atoms with Crippen LogP contribution in [-0.4, -0.2) is 60.6 Å². The van der Waals surface area contributed by atoms with Crippen molar-refractivity contribution in [3.05, 3.63) is 48.1 Å². The van der Waals surface area contributed by atoms with E-state index in [0.717, 1.165) is 13.1 Å². The van der Waals surface area contributed by atoms with Crippen molar-refractivity contribution in [2.75, 3.05) is 23.3 Å². The number of rotatable bonds is 3. The van der Waals surface area contributed by atoms with Gasteiger partial charge in [0, 0.05) is 49.8 Å². The summed E-state index contributed by atoms with van der Waals surface area (Å²) < 4.78 is 15.7. The van der Waals surface area contributed by atoms with Gasteiger partial charge in [0.1, 0.15) is 16.9 Å². The van der Waals surface area contributed by atoms with Crippen molar-refractivity contribution in [1.82, 2.24) is 34.9 Å². The van der Waals surface area contributed by atoms with E-state index in [0.29, 0.717) is 34.8 Å². The van der Waals surface area contributed by atoms with Crippen molar-refractivity contribution in [2.24, 2.45) is 0 Å². The van der Waals surface area contributed by atoms with Gasteiger partial charge in [-0.15, -0.1) is 0 Å². The minimum absolute atomic E-state index is 0.0994. The van der Waals surface area contributed by atoms with Crippen LogP contribution in [0.3, 0.4) is 0 Å². The number of hydrogen-bond donors (Lipinski definition) is 2. The average molecular weight is 435 g/mol. The Bertz CT molecular complexity index is 1330. The van der Waals surface area contributed by atoms with Gasteiger partial charge in [-0.05, 0) is 20.8 Å². The van der Waals surface area contributed by atoms with Crippen molar-refractivity contribution in [3.63, 3.8) is 0 Å². The van der Waals surface area contributed by atoms with Crippen LogP contribution in [0.15, 0.2) is 30.9 Å². The lowest BCUT2D eigenvalue weighted by Crippen LogP contribution is -2.54. The molecule has 0 spiro atoms. The molecule has 5 rings (SSSR count). The molecule has 2 atom stereocenters. The van der Waals surface area contributed by atoms with Gasteiger partial charge in [0.2, 0.25) is 0 Å². The molecule has 0 unspecified atom stereocenters. The number of carbonyl (C=O) groups is 1. The molecule has 1 aliphatic heterocycles. The van der Waals surface area contributed by atoms with Crippen molar-refractivity contribution >= 4 is 34.1 Å². The van der Waals surface area contributed by atoms with Crippen LogP contribution in [-0.2, 0) is 0 Å². The molecule has 2 N–H and O–H groups in total. The molecule has 5 heterocycles. The maximum Gasteiger partial charge on any atom is 0.259 e. The van der Waals surface area contributed by atoms with E-state index < -0.39 is 11.7 Å². The number of carbonyl (C=O) groups excluding carboxylic acids is 1. The summed E-state index contributed by atoms with van der Waals surface area (Å²) in [5, 5.41) is 10.3. The topological polar surface area (TPSA) is 113 Å². The number of fused-ring (bicyclic) bond motifs is 2. The van der Waals surface area contributed by atoms with Crippen LogP contribution >= 0.6 is 0 Å². The Morgan fingerprint density at radius 3 is 2.62 bits per heavy atom. The van der Waals surface area contributed by atoms with Gasteiger partial charge < -0.3 is 15.5 Å². The van der Waals surface area contributed by atoms with E-state index in [2.05, 4.69) is 54.4 Å². The molecule has 1 saturated heterocycles. The monoisotopic (exact) mass is 435 g/mol. The molecule has 0 aliphatic carbocycles. The molecule has 1 amide bonds. The van der Waals surface area contributed by atoms with E-state index >= 15 is 0 Å². The van der Waals surface area contributed by atoms with Gasteiger partial charge in [-0.25, -0.2) is 23.9 Å². The van der Waals surface area contributed by atoms with Gasteiger partial charge in [0.05, 0.1) is 17.4 Å². The van der Waals surface area contributed by atoms with Gasteiger partial charge in [-0.2, -0.15) is 5.10 Å². The number of pyridine rings is 2. The summed E-state index contributed by atoms with van der Waals surface area (Å²) in [6, 6.07) is 1.79. The highest BCUT2D eigenvalue weighted by molar-refractivity contribution is 6.12. The number of halogens is 1. The van der Waals surface area contributed by atoms with Gasteiger partial charge in [-0.3, -0.25) is 9.78 Å². The molecule has 4 aromatic rings. The molecule has 32 heavy (non-hydrogen) atoms. The number of aromatic nitrogens is 6. The third kappa shape index (κ3) is 3.60. The smallest absolute Gasteiger partial charge is 0.259 e. The molecule has 1 aliphatic rings. The summed E-state index contributed by atoms with van der Waals surface area (Å²) in [7, 11) is 0. The first-order chi connectivity index (χ1) is 15.4. The summed E-state index contributed by atoms with van der Waals surface area (Å²) in [5.41, 5.74) is 1.59. The highest BCUT2D eigenvalue weighted by Crippen LogP contribution is 2.26. The van der Waals surface area contributed by atoms with Crippen molar-refractivity contribution in [3.8, 4) is 0 Å². The van der Waals surface area contributed by atoms with E-state index in [1.807, 2.05) is 0 Å². The zero-order chi connectivity index (χ0) is 22.4. The number of aryl methyl sites for hydroxylation is 1. The number of hydrogen-bond acceptors (Lipinski definition) is 8. The highest BCUT2D eigenvalue weighted by Gasteiger charge is 2.25. The lowest BCUT2D eigenvalue weighted by molar-refractivity contribution is 0.102. The predicted molar refractivity (Wildman–Crippen MR) is 117 cm³/mol. The Morgan fingerprint density at radius 1 is 1.16 bits per heavy atom. The van der Waals surface area contributed by atoms with E-state index in [-0.39, 0.29) is 16.9 Å². The fourth-order valence-corrected chi connectivity index (χ4v) is 4.16. The van der Waals surface area contributed by atoms with Crippen LogP contribution in [0.5, 0.6) is 0 Å². The minimum Gasteiger partial charge on any atom is -0.352 e. The van der Waals surface area contributed by atoms with Crippen molar-refractivity contribution in [2.45, 2.75) is 32.9 Å². The van der Waals surface area contributed by atoms with E-state index in [4.69, 9.17) is 0 Å². The second kappa shape index (κ2) is 7.75. The zero-order valence-electron chi connectivity index (χ0n) is 17.9. The number of nitrogens with zero attached hydrogens (tertiary/aromatic N) is 7. The second-order valence-corrected chi connectivity index (χ2v) is 8.08. The number of piperazine rings is 1. The quantitative estimate of drug-likeness (QED) is 0.502. The van der Waals surface area contributed by atoms with Gasteiger partial charge in [0.25, 0.3) is 5.91 Å². The van der Waals surface area contributed by atoms with Crippen LogP contribution in [0, 0.1) is 12.7 Å². The molecule has 0 radical (unpaired) electrons. The van der Waals surface area contributed by atoms with Crippen LogP contribution in [0.2, 0.25) is 0 Å². The number of amides is 1. The molecule has 0 bridgehead atoms. The Labute approximate surface area is 182 Å². The van der Waals surface area contributed by atoms with E-state index in [1.165, 1.54) is 29.2 Å². The number of nitrogens with one attached hydrogen (secondary N) is 2. The Balaban J connectivity index is 1.50. The second-order valence-electron chi connectivity index (χ2n) is 8.08. The van der Waals surface area contributed by atoms with E-state index in [1.54, 1.807) is 13.1 Å². The maximum absolute atomic E-state index is 14.4. The largest absolute Gasteiger partial charge is 0.352 e. The molecule has 10 nitrogen and oxygen atoms in total. The SMILES string of the molecule is Cc1nc2c(F)cc(NC(=O)c3cnc(N4C[C@@H](C)N[C@@H](C)C4)c4nccnc34)cn2n1. The number of anilines is 2. The summed E-state index contributed by atoms with van der Waals surface area (Å²) in [6.07, 6.45) is 6.12. The summed E-state index contributed by atoms with van der Waals surface area (Å²) in [6.45, 7) is 7.44. The van der Waals surface area contributed by atoms with Crippen LogP contribution in [0.1, 0.15) is 30.0 Å². The fourth-order valence-electron chi connectivity index (χ4n) is 4.16. The molecule has 11 heteroatoms. The fraction of sp³-hybridized carbons (Fsp3) is 0.333. The molecular formula is C21H22FN9O. The molecule has 0 aromatic carbocycles. The highest BCUT2D eigenvalue weighted by atomic mass is 19.1. The Kier molecular flexibility index (Phi) is 4.89. The first kappa shape index (κ1) is 20.2. The minimum atomic E-state index is -0.580. The lowest BCUT2D eigenvalue weighted by atomic mass is 10.1. The van der Waals surface area contributed by atoms with Gasteiger partial charge >= 0.3 is 0 Å². The zero-order valence-corrected chi connectivity index (χ0v) is 17.9. The van der Waals surface area contributed by atoms with Crippen molar-refractivity contribution < 1.29 is 9.18 Å². The molecule has 4 aromatic heterocycles. The lowest BCUT2D eigenvalue weighted by Gasteiger charge is -2.37. The Hall–Kier alpha value is -3.73. The van der Waals surface area contributed by atoms with Crippen LogP contribution < -0.4 is 15.5 Å². The maximum atomic E-state index is 14.4. The van der Waals surface area contributed by atoms with Gasteiger partial charge in [0.15, 0.2) is 17.3 Å². The first-order valence-corrected chi connectivity index (χ1v) is 10.3. The summed E-state index contributed by atoms with van der Waals surface area (Å²) in [4.78, 5) is 32.7. The molecular weight excluding hydrogens is 413 g/mol. The van der Waals surface area contributed by atoms with E-state index in [9.17, 15) is 9.18 Å². The molecule has 0 saturated carbocycles. The third-order valence-corrected chi connectivity index (χ3v) is 5.34. The summed E-state index contributed by atoms with van der Waals surface area (Å²) >= 11 is 0. The normalized spacial score (nSPS) is 18.9. The van der Waals surface area contributed by atoms with Gasteiger partial charge in [-0.1, -0.05) is 0 Å². The third-order valence-electron chi connectivity index (χ3n) is 5.34. The predicted octanol–water partition coefficient (Wildman–Crippen LogP) is 1.95. The molecule has 164 valence electrons. The summed E-state index contributed by atoms with van der Waals surface area (Å²) in [5.74, 6) is 0.0797. The standard InChI is InChI=1S/C21H22FN9O/c1-11-8-30(9-12(2)26-11)20-18-17(23-4-5-24-18)15(7-25-20)21(32)28-14-6-16(22)19-27-13(3)29-31(19)10-14/h4-7,10-12,26H,8-9H2,1-3H3,(H,28,32)/t11-,12+. The molecule has 1 fully saturated rings. The average Bonchev–Trinajstić information content (AvgIpc) is 3.13. The van der Waals surface area contributed by atoms with Crippen molar-refractivity contribution in [1.29, 1.82) is 0 Å². The van der Waals surface area contributed by atoms with Crippen LogP contribution in [0.25, 0.3) is 16.7 Å². The van der Waals surface area contributed by atoms with Crippen LogP contribution in [0.4, 0.5) is 15.9 Å².